The molecule has 116 valence electrons. The molecule has 22 heavy (non-hydrogen) atoms. The first kappa shape index (κ1) is 15.8. The zero-order valence-corrected chi connectivity index (χ0v) is 12.8. The normalized spacial score (nSPS) is 10.3. The SMILES string of the molecule is Cn1c(NNC(=O)Cc2ccc(Cl)cc2)cc(=O)n(C)c1=O. The topological polar surface area (TPSA) is 85.1 Å². The molecular weight excluding hydrogens is 308 g/mol. The highest BCUT2D eigenvalue weighted by Crippen LogP contribution is 2.09. The van der Waals surface area contributed by atoms with Crippen LogP contribution in [0.3, 0.4) is 0 Å². The largest absolute Gasteiger partial charge is 0.332 e. The number of hydrogen-bond donors (Lipinski definition) is 2. The van der Waals surface area contributed by atoms with Gasteiger partial charge in [-0.25, -0.2) is 4.79 Å². The van der Waals surface area contributed by atoms with Crippen molar-refractivity contribution in [1.29, 1.82) is 0 Å². The zero-order chi connectivity index (χ0) is 16.3. The molecule has 1 heterocycles. The van der Waals surface area contributed by atoms with Gasteiger partial charge in [0, 0.05) is 25.2 Å². The van der Waals surface area contributed by atoms with Crippen LogP contribution >= 0.6 is 11.6 Å². The summed E-state index contributed by atoms with van der Waals surface area (Å²) in [7, 11) is 2.88. The summed E-state index contributed by atoms with van der Waals surface area (Å²) < 4.78 is 2.20. The van der Waals surface area contributed by atoms with Crippen LogP contribution in [0.4, 0.5) is 5.82 Å². The van der Waals surface area contributed by atoms with Gasteiger partial charge in [-0.2, -0.15) is 0 Å². The Morgan fingerprint density at radius 1 is 1.14 bits per heavy atom. The molecular formula is C14H15ClN4O3. The molecule has 0 unspecified atom stereocenters. The Labute approximate surface area is 131 Å². The van der Waals surface area contributed by atoms with Gasteiger partial charge in [-0.05, 0) is 17.7 Å². The van der Waals surface area contributed by atoms with Crippen LogP contribution in [-0.2, 0) is 25.3 Å². The standard InChI is InChI=1S/C14H15ClN4O3/c1-18-11(8-13(21)19(2)14(18)22)16-17-12(20)7-9-3-5-10(15)6-4-9/h3-6,8,16H,7H2,1-2H3,(H,17,20). The van der Waals surface area contributed by atoms with E-state index in [1.807, 2.05) is 0 Å². The van der Waals surface area contributed by atoms with Crippen LogP contribution in [0.1, 0.15) is 5.56 Å². The van der Waals surface area contributed by atoms with Crippen LogP contribution in [0.25, 0.3) is 0 Å². The molecule has 0 spiro atoms. The predicted molar refractivity (Wildman–Crippen MR) is 83.8 cm³/mol. The highest BCUT2D eigenvalue weighted by Gasteiger charge is 2.07. The van der Waals surface area contributed by atoms with E-state index in [2.05, 4.69) is 10.9 Å². The Morgan fingerprint density at radius 3 is 2.41 bits per heavy atom. The van der Waals surface area contributed by atoms with Crippen molar-refractivity contribution >= 4 is 23.3 Å². The molecule has 2 aromatic rings. The lowest BCUT2D eigenvalue weighted by atomic mass is 10.1. The molecule has 2 rings (SSSR count). The first-order chi connectivity index (χ1) is 10.4. The van der Waals surface area contributed by atoms with Gasteiger partial charge < -0.3 is 0 Å². The number of nitrogens with one attached hydrogen (secondary N) is 2. The molecule has 1 aromatic heterocycles. The van der Waals surface area contributed by atoms with Crippen LogP contribution in [0.15, 0.2) is 39.9 Å². The first-order valence-corrected chi connectivity index (χ1v) is 6.82. The van der Waals surface area contributed by atoms with E-state index in [0.717, 1.165) is 10.1 Å². The van der Waals surface area contributed by atoms with Gasteiger partial charge in [0.05, 0.1) is 6.42 Å². The van der Waals surface area contributed by atoms with Crippen LogP contribution in [0.5, 0.6) is 0 Å². The van der Waals surface area contributed by atoms with Crippen molar-refractivity contribution in [3.8, 4) is 0 Å². The van der Waals surface area contributed by atoms with Crippen molar-refractivity contribution in [1.82, 2.24) is 14.6 Å². The molecule has 0 saturated carbocycles. The number of nitrogens with zero attached hydrogens (tertiary/aromatic N) is 2. The van der Waals surface area contributed by atoms with Crippen molar-refractivity contribution in [3.05, 3.63) is 61.8 Å². The van der Waals surface area contributed by atoms with Gasteiger partial charge in [0.15, 0.2) is 0 Å². The average Bonchev–Trinajstić information content (AvgIpc) is 2.50. The number of carbonyl (C=O) groups is 1. The Morgan fingerprint density at radius 2 is 1.77 bits per heavy atom. The quantitative estimate of drug-likeness (QED) is 0.799. The highest BCUT2D eigenvalue weighted by atomic mass is 35.5. The number of halogens is 1. The second-order valence-electron chi connectivity index (χ2n) is 4.74. The minimum atomic E-state index is -0.484. The molecule has 0 aliphatic heterocycles. The maximum Gasteiger partial charge on any atom is 0.332 e. The maximum atomic E-state index is 11.8. The van der Waals surface area contributed by atoms with E-state index >= 15 is 0 Å². The van der Waals surface area contributed by atoms with E-state index in [9.17, 15) is 14.4 Å². The van der Waals surface area contributed by atoms with E-state index in [0.29, 0.717) is 5.02 Å². The third-order valence-corrected chi connectivity index (χ3v) is 3.39. The molecule has 1 amide bonds. The summed E-state index contributed by atoms with van der Waals surface area (Å²) in [4.78, 5) is 35.1. The number of hydrazine groups is 1. The van der Waals surface area contributed by atoms with Crippen molar-refractivity contribution in [2.75, 3.05) is 5.43 Å². The van der Waals surface area contributed by atoms with Gasteiger partial charge >= 0.3 is 5.69 Å². The third kappa shape index (κ3) is 3.56. The van der Waals surface area contributed by atoms with Crippen LogP contribution in [0.2, 0.25) is 5.02 Å². The van der Waals surface area contributed by atoms with E-state index < -0.39 is 11.2 Å². The number of aromatic nitrogens is 2. The number of rotatable bonds is 4. The van der Waals surface area contributed by atoms with Gasteiger partial charge in [0.25, 0.3) is 5.56 Å². The molecule has 0 bridgehead atoms. The van der Waals surface area contributed by atoms with E-state index in [1.54, 1.807) is 24.3 Å². The summed E-state index contributed by atoms with van der Waals surface area (Å²) >= 11 is 5.77. The molecule has 0 atom stereocenters. The smallest absolute Gasteiger partial charge is 0.283 e. The Kier molecular flexibility index (Phi) is 4.67. The maximum absolute atomic E-state index is 11.8. The zero-order valence-electron chi connectivity index (χ0n) is 12.1. The fraction of sp³-hybridized carbons (Fsp3) is 0.214. The molecule has 0 saturated heterocycles. The number of anilines is 1. The second kappa shape index (κ2) is 6.48. The fourth-order valence-electron chi connectivity index (χ4n) is 1.82. The molecule has 7 nitrogen and oxygen atoms in total. The minimum absolute atomic E-state index is 0.142. The highest BCUT2D eigenvalue weighted by molar-refractivity contribution is 6.30. The molecule has 1 aromatic carbocycles. The number of amides is 1. The minimum Gasteiger partial charge on any atom is -0.283 e. The van der Waals surface area contributed by atoms with Crippen molar-refractivity contribution in [2.24, 2.45) is 14.1 Å². The van der Waals surface area contributed by atoms with Crippen LogP contribution in [-0.4, -0.2) is 15.0 Å². The fourth-order valence-corrected chi connectivity index (χ4v) is 1.94. The van der Waals surface area contributed by atoms with Crippen molar-refractivity contribution in [3.63, 3.8) is 0 Å². The molecule has 2 N–H and O–H groups in total. The summed E-state index contributed by atoms with van der Waals surface area (Å²) in [6.45, 7) is 0. The van der Waals surface area contributed by atoms with Crippen LogP contribution < -0.4 is 22.1 Å². The van der Waals surface area contributed by atoms with Crippen molar-refractivity contribution < 1.29 is 4.79 Å². The lowest BCUT2D eigenvalue weighted by Gasteiger charge is -2.12. The Hall–Kier alpha value is -2.54. The molecule has 0 radical (unpaired) electrons. The predicted octanol–water partition coefficient (Wildman–Crippen LogP) is 0.423. The van der Waals surface area contributed by atoms with Crippen molar-refractivity contribution in [2.45, 2.75) is 6.42 Å². The Balaban J connectivity index is 2.04. The summed E-state index contributed by atoms with van der Waals surface area (Å²) in [5.41, 5.74) is 4.87. The third-order valence-electron chi connectivity index (χ3n) is 3.13. The number of hydrogen-bond acceptors (Lipinski definition) is 4. The second-order valence-corrected chi connectivity index (χ2v) is 5.18. The molecule has 0 aliphatic carbocycles. The van der Waals surface area contributed by atoms with E-state index in [1.165, 1.54) is 24.7 Å². The average molecular weight is 323 g/mol. The van der Waals surface area contributed by atoms with E-state index in [-0.39, 0.29) is 18.1 Å². The van der Waals surface area contributed by atoms with Gasteiger partial charge in [-0.1, -0.05) is 23.7 Å². The van der Waals surface area contributed by atoms with Gasteiger partial charge in [-0.15, -0.1) is 0 Å². The molecule has 0 fully saturated rings. The summed E-state index contributed by atoms with van der Waals surface area (Å²) in [6.07, 6.45) is 0.142. The Bertz CT molecular complexity index is 808. The molecule has 8 heteroatoms. The van der Waals surface area contributed by atoms with Gasteiger partial charge in [0.1, 0.15) is 5.82 Å². The van der Waals surface area contributed by atoms with E-state index in [4.69, 9.17) is 11.6 Å². The lowest BCUT2D eigenvalue weighted by molar-refractivity contribution is -0.119. The number of carbonyl (C=O) groups excluding carboxylic acids is 1. The van der Waals surface area contributed by atoms with Crippen LogP contribution in [0, 0.1) is 0 Å². The lowest BCUT2D eigenvalue weighted by Crippen LogP contribution is -2.40. The van der Waals surface area contributed by atoms with Gasteiger partial charge in [-0.3, -0.25) is 29.6 Å². The summed E-state index contributed by atoms with van der Waals surface area (Å²) in [5.74, 6) is -0.104. The number of benzene rings is 1. The summed E-state index contributed by atoms with van der Waals surface area (Å²) in [5, 5.41) is 0.595. The first-order valence-electron chi connectivity index (χ1n) is 6.45. The summed E-state index contributed by atoms with van der Waals surface area (Å²) in [6, 6.07) is 8.11. The monoisotopic (exact) mass is 322 g/mol. The molecule has 0 aliphatic rings. The van der Waals surface area contributed by atoms with Gasteiger partial charge in [0.2, 0.25) is 5.91 Å².